The van der Waals surface area contributed by atoms with Gasteiger partial charge in [0, 0.05) is 0 Å². The zero-order chi connectivity index (χ0) is 27.0. The number of carbonyl (C=O) groups excluding carboxylic acids is 4. The van der Waals surface area contributed by atoms with Crippen molar-refractivity contribution in [3.8, 4) is 23.0 Å². The van der Waals surface area contributed by atoms with Gasteiger partial charge >= 0.3 is 0 Å². The minimum absolute atomic E-state index is 0.00662. The lowest BCUT2D eigenvalue weighted by molar-refractivity contribution is -0.122. The van der Waals surface area contributed by atoms with Crippen LogP contribution in [-0.4, -0.2) is 47.6 Å². The fraction of sp³-hybridized carbons (Fsp3) is 0.259. The first-order valence-corrected chi connectivity index (χ1v) is 10.5. The molecule has 2 aromatic carbocycles. The number of benzene rings is 2. The molecule has 0 unspecified atom stereocenters. The maximum absolute atomic E-state index is 11.9. The Kier molecular flexibility index (Phi) is 14.4. The van der Waals surface area contributed by atoms with E-state index in [4.69, 9.17) is 9.47 Å². The Morgan fingerprint density at radius 2 is 1.00 bits per heavy atom. The van der Waals surface area contributed by atoms with Crippen molar-refractivity contribution < 1.29 is 38.9 Å². The number of hydrogen-bond acceptors (Lipinski definition) is 8. The summed E-state index contributed by atoms with van der Waals surface area (Å²) in [5.41, 5.74) is 1.33. The fourth-order valence-corrected chi connectivity index (χ4v) is 2.26. The highest BCUT2D eigenvalue weighted by Gasteiger charge is 2.06. The normalized spacial score (nSPS) is 10.0. The van der Waals surface area contributed by atoms with Gasteiger partial charge in [-0.2, -0.15) is 0 Å². The Hall–Kier alpha value is -4.20. The molecule has 0 heterocycles. The Balaban J connectivity index is 0.00000126. The van der Waals surface area contributed by atoms with Crippen molar-refractivity contribution in [1.29, 1.82) is 0 Å². The first kappa shape index (κ1) is 30.8. The van der Waals surface area contributed by atoms with E-state index in [0.29, 0.717) is 22.6 Å². The second kappa shape index (κ2) is 16.4. The zero-order valence-corrected chi connectivity index (χ0v) is 20.8. The lowest BCUT2D eigenvalue weighted by Gasteiger charge is -2.03. The molecule has 0 amide bonds. The quantitative estimate of drug-likeness (QED) is 0.412. The molecule has 0 atom stereocenters. The second-order valence-electron chi connectivity index (χ2n) is 7.46. The highest BCUT2D eigenvalue weighted by atomic mass is 16.5. The Labute approximate surface area is 205 Å². The third-order valence-corrected chi connectivity index (χ3v) is 3.68. The monoisotopic (exact) mass is 484 g/mol. The molecule has 188 valence electrons. The summed E-state index contributed by atoms with van der Waals surface area (Å²) in [4.78, 5) is 42.7. The lowest BCUT2D eigenvalue weighted by Crippen LogP contribution is -2.01. The van der Waals surface area contributed by atoms with Crippen LogP contribution in [0.2, 0.25) is 0 Å². The summed E-state index contributed by atoms with van der Waals surface area (Å²) in [7, 11) is 2.87. The largest absolute Gasteiger partial charge is 0.504 e. The maximum atomic E-state index is 11.9. The molecular formula is C27H32O8. The van der Waals surface area contributed by atoms with Gasteiger partial charge in [0.25, 0.3) is 0 Å². The molecule has 0 aromatic heterocycles. The van der Waals surface area contributed by atoms with Gasteiger partial charge in [-0.3, -0.25) is 9.59 Å². The van der Waals surface area contributed by atoms with E-state index in [-0.39, 0.29) is 41.1 Å². The van der Waals surface area contributed by atoms with E-state index in [9.17, 15) is 29.4 Å². The zero-order valence-electron chi connectivity index (χ0n) is 20.8. The van der Waals surface area contributed by atoms with Gasteiger partial charge in [-0.25, -0.2) is 0 Å². The van der Waals surface area contributed by atoms with Crippen molar-refractivity contribution in [2.24, 2.45) is 0 Å². The average molecular weight is 485 g/mol. The second-order valence-corrected chi connectivity index (χ2v) is 7.46. The van der Waals surface area contributed by atoms with Crippen molar-refractivity contribution in [3.63, 3.8) is 0 Å². The first-order valence-electron chi connectivity index (χ1n) is 10.5. The molecule has 0 fully saturated rings. The van der Waals surface area contributed by atoms with E-state index in [0.717, 1.165) is 0 Å². The fourth-order valence-electron chi connectivity index (χ4n) is 2.26. The third-order valence-electron chi connectivity index (χ3n) is 3.68. The smallest absolute Gasteiger partial charge is 0.163 e. The van der Waals surface area contributed by atoms with Gasteiger partial charge in [-0.1, -0.05) is 24.3 Å². The highest BCUT2D eigenvalue weighted by Crippen LogP contribution is 2.27. The van der Waals surface area contributed by atoms with Crippen molar-refractivity contribution in [1.82, 2.24) is 0 Å². The number of phenolic OH excluding ortho intramolecular Hbond substituents is 2. The van der Waals surface area contributed by atoms with Crippen molar-refractivity contribution in [2.45, 2.75) is 34.1 Å². The van der Waals surface area contributed by atoms with Crippen LogP contribution < -0.4 is 9.47 Å². The minimum Gasteiger partial charge on any atom is -0.504 e. The molecule has 0 saturated heterocycles. The molecule has 0 saturated carbocycles. The van der Waals surface area contributed by atoms with Gasteiger partial charge in [-0.05, 0) is 75.2 Å². The third kappa shape index (κ3) is 14.5. The molecule has 0 radical (unpaired) electrons. The number of phenols is 2. The van der Waals surface area contributed by atoms with Gasteiger partial charge in [0.2, 0.25) is 0 Å². The van der Waals surface area contributed by atoms with Crippen LogP contribution in [0, 0.1) is 0 Å². The van der Waals surface area contributed by atoms with Crippen LogP contribution >= 0.6 is 0 Å². The number of methoxy groups -OCH3 is 2. The summed E-state index contributed by atoms with van der Waals surface area (Å²) in [5, 5.41) is 19.1. The summed E-state index contributed by atoms with van der Waals surface area (Å²) >= 11 is 0. The predicted octanol–water partition coefficient (Wildman–Crippen LogP) is 4.56. The van der Waals surface area contributed by atoms with Crippen molar-refractivity contribution >= 4 is 35.3 Å². The first-order chi connectivity index (χ1) is 16.4. The van der Waals surface area contributed by atoms with Crippen molar-refractivity contribution in [2.75, 3.05) is 14.2 Å². The van der Waals surface area contributed by atoms with Crippen LogP contribution in [0.25, 0.3) is 12.2 Å². The minimum atomic E-state index is -0.347. The van der Waals surface area contributed by atoms with E-state index >= 15 is 0 Å². The predicted molar refractivity (Wildman–Crippen MR) is 135 cm³/mol. The molecule has 0 spiro atoms. The molecule has 2 rings (SSSR count). The maximum Gasteiger partial charge on any atom is 0.163 e. The van der Waals surface area contributed by atoms with E-state index in [2.05, 4.69) is 0 Å². The number of aromatic hydroxyl groups is 2. The molecule has 8 heteroatoms. The molecule has 2 aromatic rings. The van der Waals surface area contributed by atoms with Crippen LogP contribution in [0.15, 0.2) is 48.6 Å². The Morgan fingerprint density at radius 1 is 0.686 bits per heavy atom. The molecule has 2 N–H and O–H groups in total. The average Bonchev–Trinajstić information content (AvgIpc) is 2.77. The molecule has 0 aliphatic heterocycles. The summed E-state index contributed by atoms with van der Waals surface area (Å²) in [5.74, 6) is 0.250. The number of rotatable bonds is 8. The molecule has 35 heavy (non-hydrogen) atoms. The summed E-state index contributed by atoms with van der Waals surface area (Å²) in [6.07, 6.45) is 5.44. The molecule has 0 bridgehead atoms. The van der Waals surface area contributed by atoms with Gasteiger partial charge in [0.1, 0.15) is 11.6 Å². The standard InChI is InChI=1S/C21H20O6.2C3H6O/c1-26-20-11-14(5-9-18(20)24)3-7-16(22)13-17(23)8-4-15-6-10-19(25)21(12-15)27-2;2*1-3(2)4/h3-12,24-25H,13H2,1-2H3;2*1-2H3/b7-3+,8-4+;;. The lowest BCUT2D eigenvalue weighted by atomic mass is 10.1. The van der Waals surface area contributed by atoms with E-state index < -0.39 is 0 Å². The van der Waals surface area contributed by atoms with Crippen LogP contribution in [0.3, 0.4) is 0 Å². The molecular weight excluding hydrogens is 452 g/mol. The van der Waals surface area contributed by atoms with E-state index in [1.54, 1.807) is 36.4 Å². The van der Waals surface area contributed by atoms with Gasteiger partial charge in [0.15, 0.2) is 34.6 Å². The van der Waals surface area contributed by atoms with Gasteiger partial charge in [0.05, 0.1) is 20.6 Å². The number of hydrogen-bond donors (Lipinski definition) is 2. The van der Waals surface area contributed by atoms with E-state index in [1.807, 2.05) is 0 Å². The number of allylic oxidation sites excluding steroid dienone is 2. The Bertz CT molecular complexity index is 987. The van der Waals surface area contributed by atoms with Crippen molar-refractivity contribution in [3.05, 3.63) is 59.7 Å². The highest BCUT2D eigenvalue weighted by molar-refractivity contribution is 6.10. The topological polar surface area (TPSA) is 127 Å². The number of ketones is 4. The van der Waals surface area contributed by atoms with Crippen LogP contribution in [-0.2, 0) is 19.2 Å². The van der Waals surface area contributed by atoms with Crippen LogP contribution in [0.1, 0.15) is 45.2 Å². The van der Waals surface area contributed by atoms with Crippen LogP contribution in [0.5, 0.6) is 23.0 Å². The molecule has 0 aliphatic carbocycles. The molecule has 0 aliphatic rings. The van der Waals surface area contributed by atoms with Gasteiger partial charge in [-0.15, -0.1) is 0 Å². The summed E-state index contributed by atoms with van der Waals surface area (Å²) in [6.45, 7) is 6.11. The molecule has 8 nitrogen and oxygen atoms in total. The summed E-state index contributed by atoms with van der Waals surface area (Å²) in [6, 6.07) is 9.34. The number of Topliss-reactive ketones (excluding diaryl/α,β-unsaturated/α-hetero) is 2. The summed E-state index contributed by atoms with van der Waals surface area (Å²) < 4.78 is 10.00. The number of ether oxygens (including phenoxy) is 2. The Morgan fingerprint density at radius 3 is 1.29 bits per heavy atom. The van der Waals surface area contributed by atoms with Gasteiger partial charge < -0.3 is 29.3 Å². The van der Waals surface area contributed by atoms with Crippen LogP contribution in [0.4, 0.5) is 0 Å². The SMILES string of the molecule is CC(C)=O.CC(C)=O.COc1cc(/C=C/C(=O)CC(=O)/C=C/c2ccc(O)c(OC)c2)ccc1O. The van der Waals surface area contributed by atoms with E-state index in [1.165, 1.54) is 66.2 Å². The number of carbonyl (C=O) groups is 4.